The van der Waals surface area contributed by atoms with Crippen LogP contribution >= 0.6 is 22.9 Å². The minimum atomic E-state index is -3.49. The first-order valence-electron chi connectivity index (χ1n) is 5.62. The van der Waals surface area contributed by atoms with Crippen molar-refractivity contribution in [3.8, 4) is 0 Å². The first-order chi connectivity index (χ1) is 8.39. The molecule has 0 aliphatic carbocycles. The Bertz CT molecular complexity index is 524. The lowest BCUT2D eigenvalue weighted by Crippen LogP contribution is -2.55. The number of thiophene rings is 1. The van der Waals surface area contributed by atoms with Crippen molar-refractivity contribution < 1.29 is 13.2 Å². The number of nitrogens with zero attached hydrogens (tertiary/aromatic N) is 1. The van der Waals surface area contributed by atoms with Crippen LogP contribution in [0.4, 0.5) is 0 Å². The predicted molar refractivity (Wildman–Crippen MR) is 72.7 cm³/mol. The highest BCUT2D eigenvalue weighted by Crippen LogP contribution is 2.31. The summed E-state index contributed by atoms with van der Waals surface area (Å²) in [5.41, 5.74) is -0.525. The summed E-state index contributed by atoms with van der Waals surface area (Å²) < 4.78 is 32.2. The minimum Gasteiger partial charge on any atom is -0.378 e. The van der Waals surface area contributed by atoms with Crippen molar-refractivity contribution in [2.45, 2.75) is 30.2 Å². The molecule has 18 heavy (non-hydrogen) atoms. The smallest absolute Gasteiger partial charge is 0.244 e. The van der Waals surface area contributed by atoms with Crippen molar-refractivity contribution in [2.75, 3.05) is 19.8 Å². The topological polar surface area (TPSA) is 46.6 Å². The van der Waals surface area contributed by atoms with Gasteiger partial charge in [-0.3, -0.25) is 0 Å². The second kappa shape index (κ2) is 5.09. The summed E-state index contributed by atoms with van der Waals surface area (Å²) >= 11 is 7.16. The molecule has 1 aromatic rings. The van der Waals surface area contributed by atoms with Crippen LogP contribution in [0.3, 0.4) is 0 Å². The molecule has 102 valence electrons. The van der Waals surface area contributed by atoms with Crippen LogP contribution in [0, 0.1) is 0 Å². The van der Waals surface area contributed by atoms with Gasteiger partial charge in [0.15, 0.2) is 0 Å². The molecule has 2 rings (SSSR count). The van der Waals surface area contributed by atoms with Crippen LogP contribution in [0.1, 0.15) is 18.7 Å². The van der Waals surface area contributed by atoms with Crippen LogP contribution < -0.4 is 0 Å². The first kappa shape index (κ1) is 14.3. The van der Waals surface area contributed by atoms with Crippen LogP contribution in [0.2, 0.25) is 0 Å². The van der Waals surface area contributed by atoms with Crippen LogP contribution in [-0.2, 0) is 20.6 Å². The van der Waals surface area contributed by atoms with Gasteiger partial charge in [-0.05, 0) is 25.3 Å². The van der Waals surface area contributed by atoms with Gasteiger partial charge in [-0.2, -0.15) is 4.31 Å². The highest BCUT2D eigenvalue weighted by molar-refractivity contribution is 7.89. The molecule has 1 saturated heterocycles. The molecular weight excluding hydrogens is 294 g/mol. The zero-order valence-corrected chi connectivity index (χ0v) is 12.7. The average molecular weight is 310 g/mol. The van der Waals surface area contributed by atoms with Gasteiger partial charge in [-0.15, -0.1) is 22.9 Å². The molecule has 2 heterocycles. The molecule has 7 heteroatoms. The maximum absolute atomic E-state index is 12.7. The number of morpholine rings is 1. The molecule has 1 aromatic heterocycles. The molecule has 1 fully saturated rings. The molecule has 0 bridgehead atoms. The molecule has 0 spiro atoms. The molecular formula is C11H16ClNO3S2. The summed E-state index contributed by atoms with van der Waals surface area (Å²) in [5, 5.41) is 1.76. The van der Waals surface area contributed by atoms with Crippen molar-refractivity contribution in [3.63, 3.8) is 0 Å². The molecule has 0 N–H and O–H groups in total. The predicted octanol–water partition coefficient (Wildman–Crippen LogP) is 2.29. The van der Waals surface area contributed by atoms with Gasteiger partial charge < -0.3 is 4.74 Å². The Morgan fingerprint density at radius 1 is 1.56 bits per heavy atom. The zero-order chi connectivity index (χ0) is 13.4. The van der Waals surface area contributed by atoms with Crippen LogP contribution in [-0.4, -0.2) is 38.0 Å². The van der Waals surface area contributed by atoms with E-state index in [9.17, 15) is 8.42 Å². The Hall–Kier alpha value is -0.140. The number of halogens is 1. The van der Waals surface area contributed by atoms with Gasteiger partial charge >= 0.3 is 0 Å². The Morgan fingerprint density at radius 3 is 2.89 bits per heavy atom. The number of hydrogen-bond acceptors (Lipinski definition) is 4. The van der Waals surface area contributed by atoms with Crippen molar-refractivity contribution in [2.24, 2.45) is 0 Å². The van der Waals surface area contributed by atoms with E-state index in [2.05, 4.69) is 0 Å². The Labute approximate surface area is 117 Å². The fourth-order valence-electron chi connectivity index (χ4n) is 2.06. The normalized spacial score (nSPS) is 21.1. The van der Waals surface area contributed by atoms with E-state index in [0.29, 0.717) is 29.5 Å². The summed E-state index contributed by atoms with van der Waals surface area (Å²) in [4.78, 5) is 1.02. The lowest BCUT2D eigenvalue weighted by molar-refractivity contribution is -0.00771. The fraction of sp³-hybridized carbons (Fsp3) is 0.636. The molecule has 0 aromatic carbocycles. The largest absolute Gasteiger partial charge is 0.378 e. The highest BCUT2D eigenvalue weighted by Gasteiger charge is 2.40. The summed E-state index contributed by atoms with van der Waals surface area (Å²) in [6.45, 7) is 4.97. The van der Waals surface area contributed by atoms with Gasteiger partial charge in [0.1, 0.15) is 0 Å². The van der Waals surface area contributed by atoms with E-state index in [4.69, 9.17) is 16.3 Å². The Kier molecular flexibility index (Phi) is 4.04. The van der Waals surface area contributed by atoms with E-state index in [1.165, 1.54) is 15.6 Å². The van der Waals surface area contributed by atoms with Gasteiger partial charge in [-0.25, -0.2) is 8.42 Å². The number of hydrogen-bond donors (Lipinski definition) is 0. The van der Waals surface area contributed by atoms with Crippen LogP contribution in [0.25, 0.3) is 0 Å². The van der Waals surface area contributed by atoms with E-state index in [1.807, 2.05) is 13.8 Å². The second-order valence-corrected chi connectivity index (χ2v) is 7.88. The third-order valence-electron chi connectivity index (χ3n) is 2.96. The molecule has 0 amide bonds. The third kappa shape index (κ3) is 2.44. The van der Waals surface area contributed by atoms with E-state index in [1.54, 1.807) is 11.4 Å². The molecule has 1 aliphatic rings. The average Bonchev–Trinajstić information content (AvgIpc) is 2.76. The molecule has 0 unspecified atom stereocenters. The Balaban J connectivity index is 2.42. The molecule has 0 atom stereocenters. The lowest BCUT2D eigenvalue weighted by atomic mass is 10.1. The van der Waals surface area contributed by atoms with Gasteiger partial charge in [0.2, 0.25) is 10.0 Å². The summed E-state index contributed by atoms with van der Waals surface area (Å²) in [6.07, 6.45) is 0. The summed E-state index contributed by atoms with van der Waals surface area (Å²) in [6, 6.07) is 1.63. The quantitative estimate of drug-likeness (QED) is 0.805. The number of ether oxygens (including phenoxy) is 1. The van der Waals surface area contributed by atoms with Crippen molar-refractivity contribution in [3.05, 3.63) is 16.3 Å². The zero-order valence-electron chi connectivity index (χ0n) is 10.3. The van der Waals surface area contributed by atoms with E-state index < -0.39 is 15.6 Å². The number of sulfonamides is 1. The second-order valence-electron chi connectivity index (χ2n) is 4.78. The van der Waals surface area contributed by atoms with E-state index >= 15 is 0 Å². The van der Waals surface area contributed by atoms with Crippen molar-refractivity contribution in [1.29, 1.82) is 0 Å². The number of rotatable bonds is 3. The molecule has 0 radical (unpaired) electrons. The number of alkyl halides is 1. The van der Waals surface area contributed by atoms with E-state index in [-0.39, 0.29) is 5.88 Å². The lowest BCUT2D eigenvalue weighted by Gasteiger charge is -2.40. The van der Waals surface area contributed by atoms with Gasteiger partial charge in [0.05, 0.1) is 29.5 Å². The molecule has 1 aliphatic heterocycles. The maximum Gasteiger partial charge on any atom is 0.244 e. The van der Waals surface area contributed by atoms with Crippen LogP contribution in [0.15, 0.2) is 16.3 Å². The first-order valence-corrected chi connectivity index (χ1v) is 8.48. The van der Waals surface area contributed by atoms with Gasteiger partial charge in [-0.1, -0.05) is 0 Å². The molecule has 0 saturated carbocycles. The maximum atomic E-state index is 12.7. The summed E-state index contributed by atoms with van der Waals surface area (Å²) in [7, 11) is -3.49. The van der Waals surface area contributed by atoms with Gasteiger partial charge in [0.25, 0.3) is 0 Å². The summed E-state index contributed by atoms with van der Waals surface area (Å²) in [5.74, 6) is 0.219. The fourth-order valence-corrected chi connectivity index (χ4v) is 5.49. The monoisotopic (exact) mass is 309 g/mol. The highest BCUT2D eigenvalue weighted by atomic mass is 35.5. The third-order valence-corrected chi connectivity index (χ3v) is 6.63. The van der Waals surface area contributed by atoms with E-state index in [0.717, 1.165) is 0 Å². The van der Waals surface area contributed by atoms with Crippen molar-refractivity contribution >= 4 is 33.0 Å². The van der Waals surface area contributed by atoms with Crippen LogP contribution in [0.5, 0.6) is 0 Å². The Morgan fingerprint density at radius 2 is 2.28 bits per heavy atom. The van der Waals surface area contributed by atoms with Crippen molar-refractivity contribution in [1.82, 2.24) is 4.31 Å². The SMILES string of the molecule is CC1(C)COCCN1S(=O)(=O)c1ccsc1CCl. The minimum absolute atomic E-state index is 0.219. The standard InChI is InChI=1S/C11H16ClNO3S2/c1-11(2)8-16-5-4-13(11)18(14,15)10-3-6-17-9(10)7-12/h3,6H,4-5,7-8H2,1-2H3. The van der Waals surface area contributed by atoms with Gasteiger partial charge in [0, 0.05) is 11.4 Å². The molecule has 4 nitrogen and oxygen atoms in total.